The number of hydrogen-bond donors (Lipinski definition) is 1. The molecule has 2 N–H and O–H groups in total. The normalized spacial score (nSPS) is 17.1. The molecule has 1 fully saturated rings. The fourth-order valence-corrected chi connectivity index (χ4v) is 2.29. The molecule has 0 aliphatic carbocycles. The number of hydrogen-bond acceptors (Lipinski definition) is 3. The maximum absolute atomic E-state index is 11.9. The number of anilines is 2. The molecule has 1 aliphatic rings. The van der Waals surface area contributed by atoms with E-state index in [-0.39, 0.29) is 11.8 Å². The number of carbonyl (C=O) groups excluding carboxylic acids is 2. The van der Waals surface area contributed by atoms with Crippen molar-refractivity contribution in [3.05, 3.63) is 22.7 Å². The van der Waals surface area contributed by atoms with Gasteiger partial charge >= 0.3 is 0 Å². The minimum atomic E-state index is -0.165. The monoisotopic (exact) mass is 296 g/mol. The van der Waals surface area contributed by atoms with Crippen LogP contribution in [0.1, 0.15) is 25.7 Å². The molecule has 2 amide bonds. The van der Waals surface area contributed by atoms with E-state index >= 15 is 0 Å². The van der Waals surface area contributed by atoms with Gasteiger partial charge in [-0.05, 0) is 31.0 Å². The minimum absolute atomic E-state index is 0.165. The lowest BCUT2D eigenvalue weighted by Crippen LogP contribution is -2.35. The highest BCUT2D eigenvalue weighted by molar-refractivity contribution is 9.10. The fraction of sp³-hybridized carbons (Fsp3) is 0.333. The van der Waals surface area contributed by atoms with Gasteiger partial charge in [0.25, 0.3) is 0 Å². The molecule has 1 aliphatic heterocycles. The Morgan fingerprint density at radius 2 is 1.71 bits per heavy atom. The Hall–Kier alpha value is -1.36. The summed E-state index contributed by atoms with van der Waals surface area (Å²) in [5.41, 5.74) is 6.78. The largest absolute Gasteiger partial charge is 0.397 e. The third kappa shape index (κ3) is 2.49. The van der Waals surface area contributed by atoms with Crippen molar-refractivity contribution in [2.24, 2.45) is 0 Å². The van der Waals surface area contributed by atoms with Crippen LogP contribution in [0.5, 0.6) is 0 Å². The van der Waals surface area contributed by atoms with Crippen molar-refractivity contribution in [3.63, 3.8) is 0 Å². The Balaban J connectivity index is 2.41. The molecule has 0 atom stereocenters. The zero-order chi connectivity index (χ0) is 12.4. The van der Waals surface area contributed by atoms with Crippen LogP contribution in [-0.4, -0.2) is 11.8 Å². The molecular weight excluding hydrogens is 284 g/mol. The van der Waals surface area contributed by atoms with Crippen molar-refractivity contribution in [1.29, 1.82) is 0 Å². The summed E-state index contributed by atoms with van der Waals surface area (Å²) in [6, 6.07) is 5.17. The van der Waals surface area contributed by atoms with E-state index in [2.05, 4.69) is 15.9 Å². The molecule has 90 valence electrons. The number of halogens is 1. The maximum Gasteiger partial charge on any atom is 0.233 e. The second-order valence-corrected chi connectivity index (χ2v) is 4.95. The zero-order valence-corrected chi connectivity index (χ0v) is 10.9. The smallest absolute Gasteiger partial charge is 0.233 e. The van der Waals surface area contributed by atoms with Crippen LogP contribution in [0.3, 0.4) is 0 Å². The van der Waals surface area contributed by atoms with E-state index in [0.717, 1.165) is 17.3 Å². The molecule has 1 aromatic rings. The molecule has 0 unspecified atom stereocenters. The third-order valence-corrected chi connectivity index (χ3v) is 3.25. The van der Waals surface area contributed by atoms with Gasteiger partial charge in [0.05, 0.1) is 11.4 Å². The summed E-state index contributed by atoms with van der Waals surface area (Å²) in [5, 5.41) is 0. The Bertz CT molecular complexity index is 456. The van der Waals surface area contributed by atoms with Crippen LogP contribution in [0.2, 0.25) is 0 Å². The molecule has 0 aromatic heterocycles. The van der Waals surface area contributed by atoms with E-state index in [1.54, 1.807) is 18.2 Å². The summed E-state index contributed by atoms with van der Waals surface area (Å²) in [6.45, 7) is 0. The number of imide groups is 1. The van der Waals surface area contributed by atoms with Gasteiger partial charge in [0.15, 0.2) is 0 Å². The van der Waals surface area contributed by atoms with E-state index < -0.39 is 0 Å². The Kier molecular flexibility index (Phi) is 3.47. The summed E-state index contributed by atoms with van der Waals surface area (Å²) >= 11 is 3.30. The van der Waals surface area contributed by atoms with Gasteiger partial charge in [-0.25, -0.2) is 4.90 Å². The van der Waals surface area contributed by atoms with Gasteiger partial charge in [0.2, 0.25) is 11.8 Å². The number of rotatable bonds is 1. The second kappa shape index (κ2) is 4.87. The average molecular weight is 297 g/mol. The minimum Gasteiger partial charge on any atom is -0.397 e. The van der Waals surface area contributed by atoms with Gasteiger partial charge in [0.1, 0.15) is 0 Å². The van der Waals surface area contributed by atoms with Gasteiger partial charge in [-0.15, -0.1) is 0 Å². The average Bonchev–Trinajstić information content (AvgIpc) is 2.42. The highest BCUT2D eigenvalue weighted by Gasteiger charge is 2.26. The molecule has 1 heterocycles. The van der Waals surface area contributed by atoms with Crippen molar-refractivity contribution >= 4 is 39.1 Å². The van der Waals surface area contributed by atoms with E-state index in [1.807, 2.05) is 0 Å². The summed E-state index contributed by atoms with van der Waals surface area (Å²) in [7, 11) is 0. The summed E-state index contributed by atoms with van der Waals surface area (Å²) < 4.78 is 0.827. The zero-order valence-electron chi connectivity index (χ0n) is 9.28. The van der Waals surface area contributed by atoms with Gasteiger partial charge in [-0.2, -0.15) is 0 Å². The van der Waals surface area contributed by atoms with E-state index in [1.165, 1.54) is 4.90 Å². The van der Waals surface area contributed by atoms with Crippen molar-refractivity contribution in [1.82, 2.24) is 0 Å². The molecule has 1 aromatic carbocycles. The SMILES string of the molecule is Nc1cc(Br)ccc1N1C(=O)CCCCC1=O. The maximum atomic E-state index is 11.9. The molecule has 2 rings (SSSR count). The first kappa shape index (κ1) is 12.1. The predicted molar refractivity (Wildman–Crippen MR) is 69.5 cm³/mol. The van der Waals surface area contributed by atoms with Crippen LogP contribution in [0.25, 0.3) is 0 Å². The molecule has 0 bridgehead atoms. The highest BCUT2D eigenvalue weighted by Crippen LogP contribution is 2.29. The van der Waals surface area contributed by atoms with Gasteiger partial charge in [0, 0.05) is 17.3 Å². The lowest BCUT2D eigenvalue weighted by atomic mass is 10.2. The quantitative estimate of drug-likeness (QED) is 0.639. The first-order valence-electron chi connectivity index (χ1n) is 5.50. The molecule has 17 heavy (non-hydrogen) atoms. The first-order valence-corrected chi connectivity index (χ1v) is 6.29. The number of amides is 2. The third-order valence-electron chi connectivity index (χ3n) is 2.76. The van der Waals surface area contributed by atoms with Crippen molar-refractivity contribution in [2.75, 3.05) is 10.6 Å². The van der Waals surface area contributed by atoms with Gasteiger partial charge in [-0.3, -0.25) is 9.59 Å². The van der Waals surface area contributed by atoms with Crippen molar-refractivity contribution in [2.45, 2.75) is 25.7 Å². The molecule has 0 saturated carbocycles. The number of carbonyl (C=O) groups is 2. The molecule has 0 radical (unpaired) electrons. The second-order valence-electron chi connectivity index (χ2n) is 4.03. The Labute approximate surface area is 108 Å². The van der Waals surface area contributed by atoms with Crippen LogP contribution < -0.4 is 10.6 Å². The fourth-order valence-electron chi connectivity index (χ4n) is 1.91. The van der Waals surface area contributed by atoms with Crippen molar-refractivity contribution in [3.8, 4) is 0 Å². The van der Waals surface area contributed by atoms with Crippen LogP contribution in [0.4, 0.5) is 11.4 Å². The van der Waals surface area contributed by atoms with E-state index in [4.69, 9.17) is 5.73 Å². The molecule has 0 spiro atoms. The highest BCUT2D eigenvalue weighted by atomic mass is 79.9. The van der Waals surface area contributed by atoms with Crippen LogP contribution in [-0.2, 0) is 9.59 Å². The summed E-state index contributed by atoms with van der Waals surface area (Å²) in [4.78, 5) is 25.0. The summed E-state index contributed by atoms with van der Waals surface area (Å²) in [5.74, 6) is -0.331. The van der Waals surface area contributed by atoms with Gasteiger partial charge < -0.3 is 5.73 Å². The molecule has 5 heteroatoms. The standard InChI is InChI=1S/C12H13BrN2O2/c13-8-5-6-10(9(14)7-8)15-11(16)3-1-2-4-12(15)17/h5-7H,1-4,14H2. The van der Waals surface area contributed by atoms with Crippen LogP contribution in [0, 0.1) is 0 Å². The number of nitrogen functional groups attached to an aromatic ring is 1. The topological polar surface area (TPSA) is 63.4 Å². The predicted octanol–water partition coefficient (Wildman–Crippen LogP) is 2.46. The lowest BCUT2D eigenvalue weighted by molar-refractivity contribution is -0.125. The van der Waals surface area contributed by atoms with Crippen LogP contribution >= 0.6 is 15.9 Å². The number of benzene rings is 1. The first-order chi connectivity index (χ1) is 8.09. The Morgan fingerprint density at radius 3 is 2.24 bits per heavy atom. The van der Waals surface area contributed by atoms with Gasteiger partial charge in [-0.1, -0.05) is 15.9 Å². The van der Waals surface area contributed by atoms with Crippen molar-refractivity contribution < 1.29 is 9.59 Å². The Morgan fingerprint density at radius 1 is 1.12 bits per heavy atom. The number of nitrogens with two attached hydrogens (primary N) is 1. The number of nitrogens with zero attached hydrogens (tertiary/aromatic N) is 1. The summed E-state index contributed by atoms with van der Waals surface area (Å²) in [6.07, 6.45) is 2.33. The van der Waals surface area contributed by atoms with Crippen LogP contribution in [0.15, 0.2) is 22.7 Å². The van der Waals surface area contributed by atoms with E-state index in [0.29, 0.717) is 24.2 Å². The molecular formula is C12H13BrN2O2. The van der Waals surface area contributed by atoms with E-state index in [9.17, 15) is 9.59 Å². The lowest BCUT2D eigenvalue weighted by Gasteiger charge is -2.20. The molecule has 4 nitrogen and oxygen atoms in total. The molecule has 1 saturated heterocycles.